The molecule has 1 amide bonds. The van der Waals surface area contributed by atoms with E-state index in [4.69, 9.17) is 0 Å². The molecule has 158 valence electrons. The van der Waals surface area contributed by atoms with Gasteiger partial charge in [-0.3, -0.25) is 4.79 Å². The van der Waals surface area contributed by atoms with E-state index in [2.05, 4.69) is 15.3 Å². The highest BCUT2D eigenvalue weighted by molar-refractivity contribution is 5.77. The van der Waals surface area contributed by atoms with Gasteiger partial charge in [0.05, 0.1) is 16.7 Å². The molecule has 1 saturated heterocycles. The molecule has 0 spiro atoms. The van der Waals surface area contributed by atoms with Crippen molar-refractivity contribution in [3.63, 3.8) is 0 Å². The molecular weight excluding hydrogens is 383 g/mol. The molecule has 0 bridgehead atoms. The van der Waals surface area contributed by atoms with Crippen molar-refractivity contribution in [2.45, 2.75) is 45.1 Å². The van der Waals surface area contributed by atoms with Crippen molar-refractivity contribution in [2.24, 2.45) is 0 Å². The van der Waals surface area contributed by atoms with Gasteiger partial charge in [0, 0.05) is 25.6 Å². The number of piperidine rings is 1. The second-order valence-corrected chi connectivity index (χ2v) is 8.12. The van der Waals surface area contributed by atoms with Gasteiger partial charge in [-0.15, -0.1) is 0 Å². The van der Waals surface area contributed by atoms with Crippen molar-refractivity contribution < 1.29 is 9.18 Å². The Morgan fingerprint density at radius 1 is 1.20 bits per heavy atom. The van der Waals surface area contributed by atoms with E-state index < -0.39 is 0 Å². The van der Waals surface area contributed by atoms with Crippen LogP contribution in [0.1, 0.15) is 36.8 Å². The van der Waals surface area contributed by atoms with E-state index in [1.165, 1.54) is 6.07 Å². The summed E-state index contributed by atoms with van der Waals surface area (Å²) in [6, 6.07) is 11.0. The van der Waals surface area contributed by atoms with Crippen molar-refractivity contribution in [2.75, 3.05) is 18.0 Å². The van der Waals surface area contributed by atoms with Gasteiger partial charge < -0.3 is 20.2 Å². The van der Waals surface area contributed by atoms with Gasteiger partial charge in [-0.2, -0.15) is 0 Å². The van der Waals surface area contributed by atoms with Crippen LogP contribution in [0.2, 0.25) is 0 Å². The van der Waals surface area contributed by atoms with Crippen molar-refractivity contribution >= 4 is 22.6 Å². The molecule has 3 N–H and O–H groups in total. The molecule has 1 aliphatic rings. The van der Waals surface area contributed by atoms with Crippen molar-refractivity contribution in [3.8, 4) is 0 Å². The largest absolute Gasteiger partial charge is 0.367 e. The molecule has 2 heterocycles. The molecule has 0 saturated carbocycles. The molecule has 6 nitrogen and oxygen atoms in total. The van der Waals surface area contributed by atoms with E-state index in [0.29, 0.717) is 18.7 Å². The van der Waals surface area contributed by atoms with Crippen LogP contribution in [0.3, 0.4) is 0 Å². The zero-order chi connectivity index (χ0) is 21.1. The van der Waals surface area contributed by atoms with Crippen molar-refractivity contribution in [1.82, 2.24) is 15.3 Å². The van der Waals surface area contributed by atoms with Gasteiger partial charge in [-0.25, -0.2) is 9.18 Å². The molecule has 30 heavy (non-hydrogen) atoms. The lowest BCUT2D eigenvalue weighted by Gasteiger charge is -2.35. The summed E-state index contributed by atoms with van der Waals surface area (Å²) in [5.74, 6) is -0.184. The summed E-state index contributed by atoms with van der Waals surface area (Å²) in [5.41, 5.74) is 4.09. The third-order valence-corrected chi connectivity index (χ3v) is 5.68. The molecule has 0 radical (unpaired) electrons. The normalized spacial score (nSPS) is 16.7. The number of nitrogens with zero attached hydrogens (tertiary/aromatic N) is 1. The van der Waals surface area contributed by atoms with Crippen molar-refractivity contribution in [1.29, 1.82) is 0 Å². The lowest BCUT2D eigenvalue weighted by atomic mass is 10.0. The monoisotopic (exact) mass is 410 g/mol. The van der Waals surface area contributed by atoms with Crippen LogP contribution in [0.4, 0.5) is 10.1 Å². The summed E-state index contributed by atoms with van der Waals surface area (Å²) in [6.07, 6.45) is 3.77. The number of hydrogen-bond donors (Lipinski definition) is 3. The Labute approximate surface area is 174 Å². The molecule has 1 atom stereocenters. The molecule has 3 aromatic rings. The van der Waals surface area contributed by atoms with Crippen LogP contribution in [0.15, 0.2) is 41.2 Å². The van der Waals surface area contributed by atoms with Crippen LogP contribution in [0.5, 0.6) is 0 Å². The lowest BCUT2D eigenvalue weighted by molar-refractivity contribution is -0.121. The molecule has 1 aromatic heterocycles. The zero-order valence-electron chi connectivity index (χ0n) is 17.1. The highest BCUT2D eigenvalue weighted by Crippen LogP contribution is 2.24. The molecule has 0 aliphatic carbocycles. The molecule has 4 rings (SSSR count). The molecule has 7 heteroatoms. The number of amides is 1. The minimum atomic E-state index is -0.215. The summed E-state index contributed by atoms with van der Waals surface area (Å²) in [4.78, 5) is 31.3. The fraction of sp³-hybridized carbons (Fsp3) is 0.391. The maximum atomic E-state index is 14.2. The number of benzene rings is 2. The number of nitrogens with one attached hydrogen (secondary N) is 3. The highest BCUT2D eigenvalue weighted by Gasteiger charge is 2.23. The van der Waals surface area contributed by atoms with E-state index in [1.807, 2.05) is 36.1 Å². The highest BCUT2D eigenvalue weighted by atomic mass is 19.1. The summed E-state index contributed by atoms with van der Waals surface area (Å²) in [7, 11) is 0. The summed E-state index contributed by atoms with van der Waals surface area (Å²) in [6.45, 7) is 3.39. The number of aryl methyl sites for hydroxylation is 2. The number of imidazole rings is 1. The number of fused-ring (bicyclic) bond motifs is 1. The van der Waals surface area contributed by atoms with Gasteiger partial charge in [0.15, 0.2) is 0 Å². The Balaban J connectivity index is 1.28. The number of anilines is 1. The predicted molar refractivity (Wildman–Crippen MR) is 116 cm³/mol. The smallest absolute Gasteiger partial charge is 0.323 e. The van der Waals surface area contributed by atoms with Gasteiger partial charge in [-0.05, 0) is 68.0 Å². The average Bonchev–Trinajstić information content (AvgIpc) is 3.09. The Morgan fingerprint density at radius 2 is 2.03 bits per heavy atom. The topological polar surface area (TPSA) is 81.0 Å². The SMILES string of the molecule is Cc1ccc(F)c(N2CCCC(NC(=O)CCCc3ccc4[nH]c(=O)[nH]c4c3)C2)c1. The first-order valence-electron chi connectivity index (χ1n) is 10.5. The maximum Gasteiger partial charge on any atom is 0.323 e. The quantitative estimate of drug-likeness (QED) is 0.583. The Morgan fingerprint density at radius 3 is 2.90 bits per heavy atom. The van der Waals surface area contributed by atoms with Gasteiger partial charge >= 0.3 is 5.69 Å². The Hall–Kier alpha value is -3.09. The number of carbonyl (C=O) groups excluding carboxylic acids is 1. The number of aromatic nitrogens is 2. The summed E-state index contributed by atoms with van der Waals surface area (Å²) >= 11 is 0. The van der Waals surface area contributed by atoms with Crippen LogP contribution in [0.25, 0.3) is 11.0 Å². The van der Waals surface area contributed by atoms with Gasteiger partial charge in [0.2, 0.25) is 5.91 Å². The summed E-state index contributed by atoms with van der Waals surface area (Å²) in [5, 5.41) is 3.12. The number of rotatable bonds is 6. The van der Waals surface area contributed by atoms with Crippen LogP contribution in [-0.2, 0) is 11.2 Å². The predicted octanol–water partition coefficient (Wildman–Crippen LogP) is 3.41. The van der Waals surface area contributed by atoms with Gasteiger partial charge in [-0.1, -0.05) is 12.1 Å². The fourth-order valence-corrected chi connectivity index (χ4v) is 4.17. The Kier molecular flexibility index (Phi) is 5.88. The molecule has 2 aromatic carbocycles. The average molecular weight is 410 g/mol. The second-order valence-electron chi connectivity index (χ2n) is 8.12. The molecular formula is C23H27FN4O2. The minimum Gasteiger partial charge on any atom is -0.367 e. The Bertz CT molecular complexity index is 1100. The first kappa shape index (κ1) is 20.2. The molecule has 1 unspecified atom stereocenters. The van der Waals surface area contributed by atoms with Gasteiger partial charge in [0.25, 0.3) is 0 Å². The van der Waals surface area contributed by atoms with Crippen LogP contribution in [0, 0.1) is 12.7 Å². The van der Waals surface area contributed by atoms with Crippen LogP contribution in [-0.4, -0.2) is 35.0 Å². The van der Waals surface area contributed by atoms with Crippen molar-refractivity contribution in [3.05, 3.63) is 63.8 Å². The molecule has 1 fully saturated rings. The maximum absolute atomic E-state index is 14.2. The third-order valence-electron chi connectivity index (χ3n) is 5.68. The van der Waals surface area contributed by atoms with Crippen LogP contribution < -0.4 is 15.9 Å². The first-order chi connectivity index (χ1) is 14.5. The number of halogens is 1. The molecule has 1 aliphatic heterocycles. The van der Waals surface area contributed by atoms with E-state index in [9.17, 15) is 14.0 Å². The first-order valence-corrected chi connectivity index (χ1v) is 10.5. The van der Waals surface area contributed by atoms with E-state index in [-0.39, 0.29) is 23.5 Å². The standard InChI is InChI=1S/C23H27FN4O2/c1-15-7-9-18(24)21(12-15)28-11-3-5-17(14-28)25-22(29)6-2-4-16-8-10-19-20(13-16)27-23(30)26-19/h7-10,12-13,17H,2-6,11,14H2,1H3,(H,25,29)(H2,26,27,30). The van der Waals surface area contributed by atoms with Crippen LogP contribution >= 0.6 is 0 Å². The number of H-pyrrole nitrogens is 2. The van der Waals surface area contributed by atoms with Gasteiger partial charge in [0.1, 0.15) is 5.82 Å². The zero-order valence-corrected chi connectivity index (χ0v) is 17.1. The lowest BCUT2D eigenvalue weighted by Crippen LogP contribution is -2.48. The third kappa shape index (κ3) is 4.72. The second kappa shape index (κ2) is 8.73. The number of aromatic amines is 2. The van der Waals surface area contributed by atoms with E-state index >= 15 is 0 Å². The van der Waals surface area contributed by atoms with E-state index in [0.717, 1.165) is 54.4 Å². The minimum absolute atomic E-state index is 0.0303. The van der Waals surface area contributed by atoms with E-state index in [1.54, 1.807) is 6.07 Å². The number of carbonyl (C=O) groups is 1. The number of hydrogen-bond acceptors (Lipinski definition) is 3. The summed E-state index contributed by atoms with van der Waals surface area (Å²) < 4.78 is 14.2. The fourth-order valence-electron chi connectivity index (χ4n) is 4.17.